The van der Waals surface area contributed by atoms with Gasteiger partial charge in [-0.3, -0.25) is 0 Å². The van der Waals surface area contributed by atoms with Crippen molar-refractivity contribution < 1.29 is 68.6 Å². The van der Waals surface area contributed by atoms with Gasteiger partial charge in [0, 0.05) is 0 Å². The monoisotopic (exact) mass is 554 g/mol. The van der Waals surface area contributed by atoms with Crippen molar-refractivity contribution in [2.45, 2.75) is 0 Å². The third-order valence-corrected chi connectivity index (χ3v) is 3.82. The van der Waals surface area contributed by atoms with Crippen LogP contribution in [-0.2, 0) is 28.4 Å². The zero-order valence-electron chi connectivity index (χ0n) is 21.6. The van der Waals surface area contributed by atoms with E-state index in [2.05, 4.69) is 0 Å². The molecule has 0 aliphatic rings. The van der Waals surface area contributed by atoms with Crippen LogP contribution in [0.15, 0.2) is 24.3 Å². The zero-order valence-corrected chi connectivity index (χ0v) is 21.6. The minimum atomic E-state index is -1.23. The van der Waals surface area contributed by atoms with Gasteiger partial charge >= 0.3 is 11.9 Å². The highest BCUT2D eigenvalue weighted by Crippen LogP contribution is 2.07. The quantitative estimate of drug-likeness (QED) is 0.0962. The Kier molecular flexibility index (Phi) is 30.9. The van der Waals surface area contributed by atoms with E-state index in [9.17, 15) is 9.59 Å². The van der Waals surface area contributed by atoms with Gasteiger partial charge in [0.2, 0.25) is 0 Å². The fourth-order valence-corrected chi connectivity index (χ4v) is 2.20. The molecule has 0 saturated carbocycles. The molecular formula is C24H42O14. The number of aliphatic hydroxyl groups is 4. The van der Waals surface area contributed by atoms with E-state index >= 15 is 0 Å². The van der Waals surface area contributed by atoms with E-state index in [0.717, 1.165) is 0 Å². The molecular weight excluding hydrogens is 512 g/mol. The van der Waals surface area contributed by atoms with Crippen molar-refractivity contribution in [3.05, 3.63) is 35.4 Å². The maximum absolute atomic E-state index is 10.5. The summed E-state index contributed by atoms with van der Waals surface area (Å²) in [4.78, 5) is 20.9. The van der Waals surface area contributed by atoms with Crippen molar-refractivity contribution >= 4 is 11.9 Å². The number of carboxylic acids is 2. The lowest BCUT2D eigenvalue weighted by molar-refractivity contribution is 0.00229. The number of hydrogen-bond donors (Lipinski definition) is 6. The molecule has 0 amide bonds. The highest BCUT2D eigenvalue weighted by atomic mass is 16.6. The maximum atomic E-state index is 10.5. The van der Waals surface area contributed by atoms with E-state index in [-0.39, 0.29) is 37.6 Å². The standard InChI is InChI=1S/2C8H18O5.C8H6O4/c2*9-1-3-11-5-7-13-8-6-12-4-2-10;9-7(10)5-3-1-2-4-6(5)8(11)12/h2*9-10H,1-8H2;1-4H,(H,9,10)(H,11,12). The first-order valence-electron chi connectivity index (χ1n) is 11.9. The van der Waals surface area contributed by atoms with Crippen molar-refractivity contribution in [2.24, 2.45) is 0 Å². The largest absolute Gasteiger partial charge is 0.478 e. The van der Waals surface area contributed by atoms with Crippen LogP contribution >= 0.6 is 0 Å². The molecule has 222 valence electrons. The lowest BCUT2D eigenvalue weighted by atomic mass is 10.1. The molecule has 1 aromatic rings. The highest BCUT2D eigenvalue weighted by molar-refractivity contribution is 6.01. The van der Waals surface area contributed by atoms with Gasteiger partial charge in [-0.25, -0.2) is 9.59 Å². The Morgan fingerprint density at radius 3 is 0.842 bits per heavy atom. The van der Waals surface area contributed by atoms with E-state index < -0.39 is 11.9 Å². The van der Waals surface area contributed by atoms with Crippen LogP contribution in [0.25, 0.3) is 0 Å². The van der Waals surface area contributed by atoms with Crippen LogP contribution in [0, 0.1) is 0 Å². The van der Waals surface area contributed by atoms with E-state index in [1.807, 2.05) is 0 Å². The molecule has 0 unspecified atom stereocenters. The molecule has 1 aromatic carbocycles. The number of hydrogen-bond acceptors (Lipinski definition) is 12. The molecule has 14 nitrogen and oxygen atoms in total. The lowest BCUT2D eigenvalue weighted by Crippen LogP contribution is -2.11. The van der Waals surface area contributed by atoms with Crippen LogP contribution in [0.3, 0.4) is 0 Å². The second-order valence-corrected chi connectivity index (χ2v) is 6.72. The minimum Gasteiger partial charge on any atom is -0.478 e. The summed E-state index contributed by atoms with van der Waals surface area (Å²) in [7, 11) is 0. The maximum Gasteiger partial charge on any atom is 0.336 e. The van der Waals surface area contributed by atoms with Crippen LogP contribution in [0.2, 0.25) is 0 Å². The summed E-state index contributed by atoms with van der Waals surface area (Å²) in [6.07, 6.45) is 0. The van der Waals surface area contributed by atoms with Crippen LogP contribution in [0.4, 0.5) is 0 Å². The topological polar surface area (TPSA) is 211 Å². The van der Waals surface area contributed by atoms with Crippen molar-refractivity contribution in [1.82, 2.24) is 0 Å². The predicted octanol–water partition coefficient (Wildman–Crippen LogP) is -0.875. The second-order valence-electron chi connectivity index (χ2n) is 6.72. The van der Waals surface area contributed by atoms with Crippen molar-refractivity contribution in [2.75, 3.05) is 106 Å². The number of benzene rings is 1. The summed E-state index contributed by atoms with van der Waals surface area (Å²) in [5.41, 5.74) is -0.380. The smallest absolute Gasteiger partial charge is 0.336 e. The molecule has 1 rings (SSSR count). The fourth-order valence-electron chi connectivity index (χ4n) is 2.20. The van der Waals surface area contributed by atoms with Gasteiger partial charge < -0.3 is 59.1 Å². The van der Waals surface area contributed by atoms with E-state index in [1.54, 1.807) is 0 Å². The molecule has 0 heterocycles. The number of aromatic carboxylic acids is 2. The summed E-state index contributed by atoms with van der Waals surface area (Å²) >= 11 is 0. The summed E-state index contributed by atoms with van der Waals surface area (Å²) in [6.45, 7) is 5.53. The van der Waals surface area contributed by atoms with Crippen LogP contribution < -0.4 is 0 Å². The van der Waals surface area contributed by atoms with Crippen molar-refractivity contribution in [1.29, 1.82) is 0 Å². The number of aliphatic hydroxyl groups excluding tert-OH is 4. The normalized spacial score (nSPS) is 10.2. The molecule has 0 radical (unpaired) electrons. The van der Waals surface area contributed by atoms with Crippen molar-refractivity contribution in [3.63, 3.8) is 0 Å². The molecule has 0 fully saturated rings. The van der Waals surface area contributed by atoms with Crippen LogP contribution in [0.1, 0.15) is 20.7 Å². The predicted molar refractivity (Wildman–Crippen MR) is 134 cm³/mol. The van der Waals surface area contributed by atoms with Gasteiger partial charge in [0.15, 0.2) is 0 Å². The average molecular weight is 555 g/mol. The minimum absolute atomic E-state index is 0.0413. The third kappa shape index (κ3) is 26.8. The van der Waals surface area contributed by atoms with Crippen LogP contribution in [0.5, 0.6) is 0 Å². The van der Waals surface area contributed by atoms with Gasteiger partial charge in [0.05, 0.1) is 117 Å². The number of carboxylic acid groups (broad SMARTS) is 2. The molecule has 6 N–H and O–H groups in total. The Bertz CT molecular complexity index is 584. The molecule has 38 heavy (non-hydrogen) atoms. The molecule has 0 aliphatic heterocycles. The van der Waals surface area contributed by atoms with E-state index in [0.29, 0.717) is 79.3 Å². The highest BCUT2D eigenvalue weighted by Gasteiger charge is 2.13. The summed E-state index contributed by atoms with van der Waals surface area (Å²) < 4.78 is 30.0. The van der Waals surface area contributed by atoms with Gasteiger partial charge in [-0.15, -0.1) is 0 Å². The molecule has 0 aromatic heterocycles. The van der Waals surface area contributed by atoms with E-state index in [1.165, 1.54) is 24.3 Å². The molecule has 0 aliphatic carbocycles. The summed E-state index contributed by atoms with van der Waals surface area (Å²) in [6, 6.07) is 5.48. The molecule has 14 heteroatoms. The first-order chi connectivity index (χ1) is 18.5. The van der Waals surface area contributed by atoms with Gasteiger partial charge in [0.1, 0.15) is 0 Å². The number of rotatable bonds is 22. The number of ether oxygens (including phenoxy) is 6. The SMILES string of the molecule is O=C(O)c1ccccc1C(=O)O.OCCOCCOCCOCCO.OCCOCCOCCOCCO. The third-order valence-electron chi connectivity index (χ3n) is 3.82. The average Bonchev–Trinajstić information content (AvgIpc) is 2.92. The second kappa shape index (κ2) is 31.0. The Labute approximate surface area is 222 Å². The lowest BCUT2D eigenvalue weighted by Gasteiger charge is -2.04. The molecule has 0 bridgehead atoms. The number of carbonyl (C=O) groups is 2. The Morgan fingerprint density at radius 2 is 0.658 bits per heavy atom. The Morgan fingerprint density at radius 1 is 0.447 bits per heavy atom. The summed E-state index contributed by atoms with van der Waals surface area (Å²) in [5, 5.41) is 50.5. The first kappa shape index (κ1) is 37.9. The first-order valence-corrected chi connectivity index (χ1v) is 11.9. The van der Waals surface area contributed by atoms with Crippen molar-refractivity contribution in [3.8, 4) is 0 Å². The Balaban J connectivity index is 0. The molecule has 0 saturated heterocycles. The summed E-state index contributed by atoms with van der Waals surface area (Å²) in [5.74, 6) is -2.46. The van der Waals surface area contributed by atoms with Gasteiger partial charge in [-0.1, -0.05) is 12.1 Å². The Hall–Kier alpha value is -2.24. The van der Waals surface area contributed by atoms with Gasteiger partial charge in [-0.2, -0.15) is 0 Å². The van der Waals surface area contributed by atoms with Gasteiger partial charge in [0.25, 0.3) is 0 Å². The zero-order chi connectivity index (χ0) is 28.7. The fraction of sp³-hybridized carbons (Fsp3) is 0.667. The van der Waals surface area contributed by atoms with Gasteiger partial charge in [-0.05, 0) is 12.1 Å². The molecule has 0 atom stereocenters. The molecule has 0 spiro atoms. The van der Waals surface area contributed by atoms with E-state index in [4.69, 9.17) is 59.1 Å². The van der Waals surface area contributed by atoms with Crippen LogP contribution in [-0.4, -0.2) is 148 Å².